The Morgan fingerprint density at radius 3 is 2.67 bits per heavy atom. The lowest BCUT2D eigenvalue weighted by Crippen LogP contribution is -2.51. The number of aliphatic carboxylic acids is 1. The number of nitrogens with one attached hydrogen (secondary N) is 2. The largest absolute Gasteiger partial charge is 0.481 e. The van der Waals surface area contributed by atoms with Crippen LogP contribution < -0.4 is 15.4 Å². The van der Waals surface area contributed by atoms with Crippen molar-refractivity contribution in [3.05, 3.63) is 23.8 Å². The Balaban J connectivity index is 2.32. The Morgan fingerprint density at radius 1 is 1.42 bits per heavy atom. The van der Waals surface area contributed by atoms with Crippen LogP contribution in [0.3, 0.4) is 0 Å². The van der Waals surface area contributed by atoms with Gasteiger partial charge < -0.3 is 20.5 Å². The summed E-state index contributed by atoms with van der Waals surface area (Å²) in [6.45, 7) is 6.99. The Bertz CT molecular complexity index is 686. The Kier molecular flexibility index (Phi) is 4.82. The maximum Gasteiger partial charge on any atom is 0.305 e. The van der Waals surface area contributed by atoms with Crippen LogP contribution in [-0.2, 0) is 9.59 Å². The van der Waals surface area contributed by atoms with Crippen LogP contribution in [0, 0.1) is 5.92 Å². The maximum absolute atomic E-state index is 12.7. The molecule has 0 saturated heterocycles. The zero-order valence-electron chi connectivity index (χ0n) is 14.2. The van der Waals surface area contributed by atoms with Gasteiger partial charge >= 0.3 is 5.97 Å². The maximum atomic E-state index is 12.7. The average molecular weight is 334 g/mol. The van der Waals surface area contributed by atoms with E-state index < -0.39 is 23.5 Å². The molecule has 0 spiro atoms. The summed E-state index contributed by atoms with van der Waals surface area (Å²) in [6.07, 6.45) is -0.902. The molecule has 1 aliphatic heterocycles. The molecule has 0 aliphatic carbocycles. The van der Waals surface area contributed by atoms with Crippen molar-refractivity contribution < 1.29 is 24.2 Å². The van der Waals surface area contributed by atoms with Gasteiger partial charge in [-0.25, -0.2) is 0 Å². The Morgan fingerprint density at radius 2 is 2.08 bits per heavy atom. The van der Waals surface area contributed by atoms with Crippen molar-refractivity contribution in [2.24, 2.45) is 5.92 Å². The van der Waals surface area contributed by atoms with E-state index in [2.05, 4.69) is 10.6 Å². The van der Waals surface area contributed by atoms with Crippen LogP contribution in [0.2, 0.25) is 0 Å². The predicted molar refractivity (Wildman–Crippen MR) is 88.1 cm³/mol. The topological polar surface area (TPSA) is 105 Å². The number of carbonyl (C=O) groups is 3. The molecule has 0 radical (unpaired) electrons. The van der Waals surface area contributed by atoms with Crippen LogP contribution in [0.15, 0.2) is 18.2 Å². The lowest BCUT2D eigenvalue weighted by molar-refractivity contribution is -0.139. The number of carboxylic acid groups (broad SMARTS) is 1. The van der Waals surface area contributed by atoms with Gasteiger partial charge in [-0.2, -0.15) is 0 Å². The van der Waals surface area contributed by atoms with Gasteiger partial charge in [-0.05, 0) is 31.9 Å². The summed E-state index contributed by atoms with van der Waals surface area (Å²) in [5, 5.41) is 14.6. The molecule has 7 heteroatoms. The van der Waals surface area contributed by atoms with Crippen molar-refractivity contribution >= 4 is 23.5 Å². The lowest BCUT2D eigenvalue weighted by atomic mass is 9.85. The van der Waals surface area contributed by atoms with E-state index in [-0.39, 0.29) is 23.8 Å². The lowest BCUT2D eigenvalue weighted by Gasteiger charge is -2.34. The highest BCUT2D eigenvalue weighted by atomic mass is 16.5. The number of anilines is 1. The number of fused-ring (bicyclic) bond motifs is 1. The first-order valence-corrected chi connectivity index (χ1v) is 7.79. The third kappa shape index (κ3) is 3.50. The molecule has 2 atom stereocenters. The van der Waals surface area contributed by atoms with Gasteiger partial charge in [0.1, 0.15) is 0 Å². The van der Waals surface area contributed by atoms with Gasteiger partial charge in [0, 0.05) is 0 Å². The zero-order chi connectivity index (χ0) is 18.1. The van der Waals surface area contributed by atoms with Crippen molar-refractivity contribution in [1.29, 1.82) is 0 Å². The van der Waals surface area contributed by atoms with E-state index in [4.69, 9.17) is 9.84 Å². The van der Waals surface area contributed by atoms with E-state index in [0.717, 1.165) is 0 Å². The molecule has 24 heavy (non-hydrogen) atoms. The number of ether oxygens (including phenoxy) is 1. The second-order valence-corrected chi connectivity index (χ2v) is 6.53. The third-order valence-electron chi connectivity index (χ3n) is 4.37. The van der Waals surface area contributed by atoms with E-state index in [0.29, 0.717) is 11.4 Å². The van der Waals surface area contributed by atoms with Crippen molar-refractivity contribution in [3.63, 3.8) is 0 Å². The fourth-order valence-electron chi connectivity index (χ4n) is 2.44. The van der Waals surface area contributed by atoms with Crippen molar-refractivity contribution in [2.75, 3.05) is 5.32 Å². The summed E-state index contributed by atoms with van der Waals surface area (Å²) >= 11 is 0. The van der Waals surface area contributed by atoms with Crippen LogP contribution in [-0.4, -0.2) is 34.5 Å². The standard InChI is InChI=1S/C17H22N2O5/c1-9(2)17(4,8-13(20)21)19-16(23)11-6-5-7-12-14(11)24-10(3)15(22)18-12/h5-7,9-10H,8H2,1-4H3,(H,18,22)(H,19,23)(H,20,21). The number of benzene rings is 1. The third-order valence-corrected chi connectivity index (χ3v) is 4.37. The van der Waals surface area contributed by atoms with Crippen LogP contribution in [0.1, 0.15) is 44.5 Å². The van der Waals surface area contributed by atoms with E-state index in [1.807, 2.05) is 13.8 Å². The first-order valence-electron chi connectivity index (χ1n) is 7.79. The molecule has 2 unspecified atom stereocenters. The molecule has 1 heterocycles. The highest BCUT2D eigenvalue weighted by Crippen LogP contribution is 2.34. The Hall–Kier alpha value is -2.57. The molecule has 1 aromatic carbocycles. The molecular formula is C17H22N2O5. The summed E-state index contributed by atoms with van der Waals surface area (Å²) in [4.78, 5) is 35.5. The number of rotatable bonds is 5. The van der Waals surface area contributed by atoms with Crippen LogP contribution in [0.25, 0.3) is 0 Å². The van der Waals surface area contributed by atoms with Crippen molar-refractivity contribution in [2.45, 2.75) is 45.8 Å². The molecule has 0 aromatic heterocycles. The minimum atomic E-state index is -0.987. The minimum absolute atomic E-state index is 0.0865. The quantitative estimate of drug-likeness (QED) is 0.764. The predicted octanol–water partition coefficient (Wildman–Crippen LogP) is 2.03. The molecular weight excluding hydrogens is 312 g/mol. The molecule has 0 bridgehead atoms. The smallest absolute Gasteiger partial charge is 0.305 e. The monoisotopic (exact) mass is 334 g/mol. The number of carboxylic acids is 1. The number of carbonyl (C=O) groups excluding carboxylic acids is 2. The fourth-order valence-corrected chi connectivity index (χ4v) is 2.44. The van der Waals surface area contributed by atoms with Gasteiger partial charge in [-0.15, -0.1) is 0 Å². The van der Waals surface area contributed by atoms with Gasteiger partial charge in [0.25, 0.3) is 11.8 Å². The molecule has 7 nitrogen and oxygen atoms in total. The minimum Gasteiger partial charge on any atom is -0.481 e. The highest BCUT2D eigenvalue weighted by Gasteiger charge is 2.35. The second-order valence-electron chi connectivity index (χ2n) is 6.53. The van der Waals surface area contributed by atoms with Crippen molar-refractivity contribution in [3.8, 4) is 5.75 Å². The van der Waals surface area contributed by atoms with E-state index in [1.54, 1.807) is 32.0 Å². The SMILES string of the molecule is CC1Oc2c(cccc2C(=O)NC(C)(CC(=O)O)C(C)C)NC1=O. The van der Waals surface area contributed by atoms with Gasteiger partial charge in [-0.3, -0.25) is 14.4 Å². The average Bonchev–Trinajstić information content (AvgIpc) is 2.46. The summed E-state index contributed by atoms with van der Waals surface area (Å²) in [7, 11) is 0. The van der Waals surface area contributed by atoms with E-state index in [9.17, 15) is 14.4 Å². The summed E-state index contributed by atoms with van der Waals surface area (Å²) in [6, 6.07) is 4.87. The first-order chi connectivity index (χ1) is 11.1. The van der Waals surface area contributed by atoms with Gasteiger partial charge in [0.15, 0.2) is 11.9 Å². The first kappa shape index (κ1) is 17.8. The molecule has 3 N–H and O–H groups in total. The molecule has 130 valence electrons. The molecule has 1 aliphatic rings. The molecule has 2 rings (SSSR count). The molecule has 2 amide bonds. The molecule has 0 saturated carbocycles. The van der Waals surface area contributed by atoms with Gasteiger partial charge in [0.05, 0.1) is 23.2 Å². The van der Waals surface area contributed by atoms with E-state index in [1.165, 1.54) is 0 Å². The van der Waals surface area contributed by atoms with E-state index >= 15 is 0 Å². The Labute approximate surface area is 140 Å². The normalized spacial score (nSPS) is 18.9. The van der Waals surface area contributed by atoms with Crippen LogP contribution in [0.5, 0.6) is 5.75 Å². The van der Waals surface area contributed by atoms with Crippen molar-refractivity contribution in [1.82, 2.24) is 5.32 Å². The number of para-hydroxylation sites is 1. The van der Waals surface area contributed by atoms with Gasteiger partial charge in [-0.1, -0.05) is 19.9 Å². The number of hydrogen-bond donors (Lipinski definition) is 3. The number of hydrogen-bond acceptors (Lipinski definition) is 4. The molecule has 0 fully saturated rings. The summed E-state index contributed by atoms with van der Waals surface area (Å²) in [5.74, 6) is -1.50. The van der Waals surface area contributed by atoms with Crippen LogP contribution in [0.4, 0.5) is 5.69 Å². The second kappa shape index (κ2) is 6.51. The highest BCUT2D eigenvalue weighted by molar-refractivity contribution is 6.04. The molecule has 1 aromatic rings. The summed E-state index contributed by atoms with van der Waals surface area (Å²) in [5.41, 5.74) is -0.221. The zero-order valence-corrected chi connectivity index (χ0v) is 14.2. The summed E-state index contributed by atoms with van der Waals surface area (Å²) < 4.78 is 5.56. The van der Waals surface area contributed by atoms with Gasteiger partial charge in [0.2, 0.25) is 0 Å². The van der Waals surface area contributed by atoms with Crippen LogP contribution >= 0.6 is 0 Å². The fraction of sp³-hybridized carbons (Fsp3) is 0.471. The number of amides is 2.